The number of hydrogen-bond acceptors (Lipinski definition) is 3. The Morgan fingerprint density at radius 3 is 2.84 bits per heavy atom. The van der Waals surface area contributed by atoms with E-state index in [1.54, 1.807) is 7.11 Å². The molecule has 1 fully saturated rings. The Hall–Kier alpha value is -1.97. The third kappa shape index (κ3) is 1.49. The molecule has 0 radical (unpaired) electrons. The monoisotopic (exact) mass is 255 g/mol. The van der Waals surface area contributed by atoms with Gasteiger partial charge in [0.2, 0.25) is 0 Å². The summed E-state index contributed by atoms with van der Waals surface area (Å²) in [5, 5.41) is 7.83. The van der Waals surface area contributed by atoms with Crippen LogP contribution in [0.15, 0.2) is 24.3 Å². The fourth-order valence-corrected chi connectivity index (χ4v) is 3.37. The van der Waals surface area contributed by atoms with Gasteiger partial charge in [0.05, 0.1) is 18.5 Å². The van der Waals surface area contributed by atoms with E-state index in [1.807, 2.05) is 18.2 Å². The molecule has 2 aromatic rings. The SMILES string of the molecule is COc1ccccc1-c1n[nH]c2c1N1CCC2CC1. The van der Waals surface area contributed by atoms with Gasteiger partial charge in [-0.3, -0.25) is 5.10 Å². The number of anilines is 1. The van der Waals surface area contributed by atoms with Crippen LogP contribution in [-0.2, 0) is 0 Å². The molecule has 3 aliphatic heterocycles. The van der Waals surface area contributed by atoms with E-state index >= 15 is 0 Å². The van der Waals surface area contributed by atoms with Crippen LogP contribution < -0.4 is 9.64 Å². The second kappa shape index (κ2) is 4.02. The molecule has 1 aromatic carbocycles. The van der Waals surface area contributed by atoms with Crippen LogP contribution >= 0.6 is 0 Å². The first-order valence-corrected chi connectivity index (χ1v) is 6.85. The summed E-state index contributed by atoms with van der Waals surface area (Å²) in [6.45, 7) is 2.30. The number of para-hydroxylation sites is 1. The molecule has 2 bridgehead atoms. The molecule has 1 N–H and O–H groups in total. The summed E-state index contributed by atoms with van der Waals surface area (Å²) in [6.07, 6.45) is 2.50. The van der Waals surface area contributed by atoms with E-state index in [9.17, 15) is 0 Å². The third-order valence-electron chi connectivity index (χ3n) is 4.35. The minimum Gasteiger partial charge on any atom is -0.496 e. The molecule has 0 atom stereocenters. The van der Waals surface area contributed by atoms with Crippen molar-refractivity contribution in [1.29, 1.82) is 0 Å². The van der Waals surface area contributed by atoms with E-state index in [-0.39, 0.29) is 0 Å². The van der Waals surface area contributed by atoms with E-state index in [4.69, 9.17) is 4.74 Å². The zero-order valence-electron chi connectivity index (χ0n) is 11.0. The van der Waals surface area contributed by atoms with Crippen molar-refractivity contribution in [3.05, 3.63) is 30.0 Å². The van der Waals surface area contributed by atoms with Crippen LogP contribution in [0.25, 0.3) is 11.3 Å². The van der Waals surface area contributed by atoms with Crippen molar-refractivity contribution in [2.45, 2.75) is 18.8 Å². The first kappa shape index (κ1) is 10.9. The van der Waals surface area contributed by atoms with Crippen LogP contribution in [0.1, 0.15) is 24.5 Å². The zero-order valence-corrected chi connectivity index (χ0v) is 11.0. The number of nitrogens with one attached hydrogen (secondary N) is 1. The number of H-pyrrole nitrogens is 1. The number of aromatic nitrogens is 2. The average Bonchev–Trinajstić information content (AvgIpc) is 2.95. The molecule has 3 aliphatic rings. The number of piperidine rings is 1. The van der Waals surface area contributed by atoms with Crippen LogP contribution in [0.3, 0.4) is 0 Å². The number of benzene rings is 1. The molecule has 1 aromatic heterocycles. The highest BCUT2D eigenvalue weighted by Gasteiger charge is 2.35. The standard InChI is InChI=1S/C15H17N3O/c1-19-12-5-3-2-4-11(12)14-15-13(16-17-14)10-6-8-18(15)9-7-10/h2-5,10H,6-9H2,1H3,(H,16,17). The minimum absolute atomic E-state index is 0.663. The molecule has 5 rings (SSSR count). The van der Waals surface area contributed by atoms with Gasteiger partial charge in [-0.25, -0.2) is 0 Å². The number of rotatable bonds is 2. The van der Waals surface area contributed by atoms with Gasteiger partial charge in [-0.2, -0.15) is 5.10 Å². The largest absolute Gasteiger partial charge is 0.496 e. The molecular formula is C15H17N3O. The number of aromatic amines is 1. The quantitative estimate of drug-likeness (QED) is 0.897. The second-order valence-electron chi connectivity index (χ2n) is 5.30. The van der Waals surface area contributed by atoms with Crippen molar-refractivity contribution in [2.75, 3.05) is 25.1 Å². The van der Waals surface area contributed by atoms with Crippen LogP contribution in [-0.4, -0.2) is 30.4 Å². The van der Waals surface area contributed by atoms with E-state index < -0.39 is 0 Å². The van der Waals surface area contributed by atoms with Gasteiger partial charge in [0.1, 0.15) is 11.4 Å². The van der Waals surface area contributed by atoms with Crippen molar-refractivity contribution in [3.8, 4) is 17.0 Å². The summed E-state index contributed by atoms with van der Waals surface area (Å²) in [5.74, 6) is 1.55. The van der Waals surface area contributed by atoms with Crippen LogP contribution in [0.4, 0.5) is 5.69 Å². The predicted octanol–water partition coefficient (Wildman–Crippen LogP) is 2.78. The maximum atomic E-state index is 5.47. The lowest BCUT2D eigenvalue weighted by Crippen LogP contribution is -2.38. The molecule has 0 saturated carbocycles. The normalized spacial score (nSPS) is 17.6. The zero-order chi connectivity index (χ0) is 12.8. The maximum Gasteiger partial charge on any atom is 0.128 e. The molecule has 0 amide bonds. The number of methoxy groups -OCH3 is 1. The molecule has 4 heterocycles. The van der Waals surface area contributed by atoms with Crippen molar-refractivity contribution < 1.29 is 4.74 Å². The smallest absolute Gasteiger partial charge is 0.128 e. The van der Waals surface area contributed by atoms with Gasteiger partial charge in [0.25, 0.3) is 0 Å². The molecule has 0 spiro atoms. The van der Waals surface area contributed by atoms with Crippen molar-refractivity contribution in [3.63, 3.8) is 0 Å². The fourth-order valence-electron chi connectivity index (χ4n) is 3.37. The lowest BCUT2D eigenvalue weighted by atomic mass is 9.86. The summed E-state index contributed by atoms with van der Waals surface area (Å²) >= 11 is 0. The van der Waals surface area contributed by atoms with E-state index in [1.165, 1.54) is 24.2 Å². The summed E-state index contributed by atoms with van der Waals surface area (Å²) in [6, 6.07) is 8.11. The van der Waals surface area contributed by atoms with Gasteiger partial charge in [-0.15, -0.1) is 0 Å². The fraction of sp³-hybridized carbons (Fsp3) is 0.400. The van der Waals surface area contributed by atoms with Crippen LogP contribution in [0.5, 0.6) is 5.75 Å². The number of ether oxygens (including phenoxy) is 1. The van der Waals surface area contributed by atoms with E-state index in [2.05, 4.69) is 21.2 Å². The van der Waals surface area contributed by atoms with Crippen LogP contribution in [0, 0.1) is 0 Å². The Morgan fingerprint density at radius 1 is 1.26 bits per heavy atom. The Labute approximate surface area is 112 Å². The Bertz CT molecular complexity index is 612. The first-order chi connectivity index (χ1) is 9.38. The van der Waals surface area contributed by atoms with E-state index in [0.717, 1.165) is 30.1 Å². The predicted molar refractivity (Wildman–Crippen MR) is 74.8 cm³/mol. The Kier molecular flexibility index (Phi) is 2.31. The van der Waals surface area contributed by atoms with Gasteiger partial charge in [-0.1, -0.05) is 12.1 Å². The molecule has 98 valence electrons. The molecule has 0 aliphatic carbocycles. The lowest BCUT2D eigenvalue weighted by Gasteiger charge is -2.40. The number of hydrogen-bond donors (Lipinski definition) is 1. The Balaban J connectivity index is 1.90. The molecule has 1 saturated heterocycles. The van der Waals surface area contributed by atoms with Crippen molar-refractivity contribution in [2.24, 2.45) is 0 Å². The third-order valence-corrected chi connectivity index (χ3v) is 4.35. The maximum absolute atomic E-state index is 5.47. The van der Waals surface area contributed by atoms with Gasteiger partial charge in [0, 0.05) is 24.6 Å². The second-order valence-corrected chi connectivity index (χ2v) is 5.30. The minimum atomic E-state index is 0.663. The molecule has 4 heteroatoms. The highest BCUT2D eigenvalue weighted by atomic mass is 16.5. The highest BCUT2D eigenvalue weighted by molar-refractivity contribution is 5.82. The molecule has 4 nitrogen and oxygen atoms in total. The summed E-state index contributed by atoms with van der Waals surface area (Å²) in [7, 11) is 1.71. The summed E-state index contributed by atoms with van der Waals surface area (Å²) < 4.78 is 5.47. The molecule has 0 unspecified atom stereocenters. The first-order valence-electron chi connectivity index (χ1n) is 6.85. The summed E-state index contributed by atoms with van der Waals surface area (Å²) in [5.41, 5.74) is 4.73. The molecular weight excluding hydrogens is 238 g/mol. The topological polar surface area (TPSA) is 41.1 Å². The van der Waals surface area contributed by atoms with Gasteiger partial charge >= 0.3 is 0 Å². The summed E-state index contributed by atoms with van der Waals surface area (Å²) in [4.78, 5) is 2.46. The van der Waals surface area contributed by atoms with Crippen LogP contribution in [0.2, 0.25) is 0 Å². The highest BCUT2D eigenvalue weighted by Crippen LogP contribution is 2.46. The van der Waals surface area contributed by atoms with Gasteiger partial charge < -0.3 is 9.64 Å². The van der Waals surface area contributed by atoms with Gasteiger partial charge in [-0.05, 0) is 25.0 Å². The Morgan fingerprint density at radius 2 is 2.05 bits per heavy atom. The van der Waals surface area contributed by atoms with Crippen molar-refractivity contribution in [1.82, 2.24) is 10.2 Å². The van der Waals surface area contributed by atoms with Crippen molar-refractivity contribution >= 4 is 5.69 Å². The number of nitrogens with zero attached hydrogens (tertiary/aromatic N) is 2. The molecule has 19 heavy (non-hydrogen) atoms. The average molecular weight is 255 g/mol. The number of fused-ring (bicyclic) bond motifs is 2. The van der Waals surface area contributed by atoms with E-state index in [0.29, 0.717) is 5.92 Å². The van der Waals surface area contributed by atoms with Gasteiger partial charge in [0.15, 0.2) is 0 Å². The lowest BCUT2D eigenvalue weighted by molar-refractivity contribution is 0.416.